The SMILES string of the molecule is CCCN1C(=O)/C(=C\c2c(N3C[C@@H](C)C[C@H](C)C3)nc3ccccn3c2=O)SC1=S. The van der Waals surface area contributed by atoms with Crippen molar-refractivity contribution >= 4 is 51.7 Å². The summed E-state index contributed by atoms with van der Waals surface area (Å²) in [6.07, 6.45) is 5.40. The second kappa shape index (κ2) is 8.51. The Morgan fingerprint density at radius 3 is 2.67 bits per heavy atom. The first kappa shape index (κ1) is 21.1. The molecule has 0 aliphatic carbocycles. The molecule has 2 saturated heterocycles. The number of hydrogen-bond donors (Lipinski definition) is 0. The number of thiocarbonyl (C=S) groups is 1. The van der Waals surface area contributed by atoms with Crippen LogP contribution < -0.4 is 10.5 Å². The van der Waals surface area contributed by atoms with Crippen molar-refractivity contribution in [3.05, 3.63) is 45.2 Å². The quantitative estimate of drug-likeness (QED) is 0.530. The lowest BCUT2D eigenvalue weighted by molar-refractivity contribution is -0.122. The monoisotopic (exact) mass is 442 g/mol. The lowest BCUT2D eigenvalue weighted by atomic mass is 9.91. The summed E-state index contributed by atoms with van der Waals surface area (Å²) >= 11 is 6.65. The van der Waals surface area contributed by atoms with Gasteiger partial charge in [0.15, 0.2) is 0 Å². The number of piperidine rings is 1. The number of aromatic nitrogens is 2. The van der Waals surface area contributed by atoms with Crippen LogP contribution in [0.15, 0.2) is 34.1 Å². The van der Waals surface area contributed by atoms with Gasteiger partial charge in [-0.2, -0.15) is 0 Å². The maximum Gasteiger partial charge on any atom is 0.267 e. The molecule has 4 heterocycles. The molecule has 0 bridgehead atoms. The predicted molar refractivity (Wildman–Crippen MR) is 127 cm³/mol. The topological polar surface area (TPSA) is 57.9 Å². The van der Waals surface area contributed by atoms with Crippen LogP contribution >= 0.6 is 24.0 Å². The third-order valence-corrected chi connectivity index (χ3v) is 6.89. The zero-order valence-electron chi connectivity index (χ0n) is 17.5. The van der Waals surface area contributed by atoms with Crippen molar-refractivity contribution in [1.29, 1.82) is 0 Å². The van der Waals surface area contributed by atoms with Crippen molar-refractivity contribution in [2.24, 2.45) is 11.8 Å². The number of carbonyl (C=O) groups is 1. The van der Waals surface area contributed by atoms with Crippen LogP contribution in [-0.4, -0.2) is 44.1 Å². The normalized spacial score (nSPS) is 23.8. The molecule has 0 N–H and O–H groups in total. The molecule has 0 aromatic carbocycles. The van der Waals surface area contributed by atoms with Gasteiger partial charge in [-0.3, -0.25) is 18.9 Å². The number of amides is 1. The van der Waals surface area contributed by atoms with Crippen LogP contribution in [-0.2, 0) is 4.79 Å². The van der Waals surface area contributed by atoms with Gasteiger partial charge < -0.3 is 4.90 Å². The summed E-state index contributed by atoms with van der Waals surface area (Å²) < 4.78 is 2.09. The molecule has 4 rings (SSSR count). The maximum absolute atomic E-state index is 13.4. The lowest BCUT2D eigenvalue weighted by Crippen LogP contribution is -2.40. The third-order valence-electron chi connectivity index (χ3n) is 5.51. The zero-order chi connectivity index (χ0) is 21.4. The highest BCUT2D eigenvalue weighted by Gasteiger charge is 2.33. The van der Waals surface area contributed by atoms with E-state index in [1.54, 1.807) is 21.6 Å². The van der Waals surface area contributed by atoms with E-state index >= 15 is 0 Å². The van der Waals surface area contributed by atoms with Gasteiger partial charge in [-0.15, -0.1) is 0 Å². The molecule has 6 nitrogen and oxygen atoms in total. The largest absolute Gasteiger partial charge is 0.355 e. The van der Waals surface area contributed by atoms with Gasteiger partial charge in [-0.05, 0) is 42.9 Å². The van der Waals surface area contributed by atoms with Crippen LogP contribution in [0.25, 0.3) is 11.7 Å². The van der Waals surface area contributed by atoms with E-state index in [-0.39, 0.29) is 11.5 Å². The fraction of sp³-hybridized carbons (Fsp3) is 0.455. The van der Waals surface area contributed by atoms with Crippen LogP contribution in [0.4, 0.5) is 5.82 Å². The van der Waals surface area contributed by atoms with Crippen molar-refractivity contribution < 1.29 is 4.79 Å². The number of fused-ring (bicyclic) bond motifs is 1. The standard InChI is InChI=1S/C22H26N4O2S2/c1-4-8-26-21(28)17(30-22(26)29)11-16-19(24-12-14(2)10-15(3)13-24)23-18-7-5-6-9-25(18)20(16)27/h5-7,9,11,14-15H,4,8,10,12-13H2,1-3H3/b17-11+/t14-,15-/m0/s1. The Morgan fingerprint density at radius 2 is 1.97 bits per heavy atom. The minimum absolute atomic E-state index is 0.129. The molecular weight excluding hydrogens is 416 g/mol. The van der Waals surface area contributed by atoms with E-state index < -0.39 is 0 Å². The van der Waals surface area contributed by atoms with Crippen LogP contribution in [0.2, 0.25) is 0 Å². The number of hydrogen-bond acceptors (Lipinski definition) is 6. The highest BCUT2D eigenvalue weighted by atomic mass is 32.2. The minimum Gasteiger partial charge on any atom is -0.355 e. The van der Waals surface area contributed by atoms with Gasteiger partial charge in [0, 0.05) is 25.8 Å². The Morgan fingerprint density at radius 1 is 1.23 bits per heavy atom. The molecule has 2 aromatic rings. The molecule has 2 aromatic heterocycles. The Balaban J connectivity index is 1.86. The van der Waals surface area contributed by atoms with Crippen LogP contribution in [0.5, 0.6) is 0 Å². The summed E-state index contributed by atoms with van der Waals surface area (Å²) in [6.45, 7) is 8.75. The second-order valence-electron chi connectivity index (χ2n) is 8.27. The van der Waals surface area contributed by atoms with E-state index in [1.165, 1.54) is 11.8 Å². The summed E-state index contributed by atoms with van der Waals surface area (Å²) in [5.74, 6) is 1.56. The first-order valence-electron chi connectivity index (χ1n) is 10.4. The van der Waals surface area contributed by atoms with Gasteiger partial charge in [0.05, 0.1) is 10.5 Å². The summed E-state index contributed by atoms with van der Waals surface area (Å²) in [7, 11) is 0. The molecule has 2 aliphatic rings. The van der Waals surface area contributed by atoms with Gasteiger partial charge in [-0.1, -0.05) is 50.8 Å². The molecule has 0 radical (unpaired) electrons. The summed E-state index contributed by atoms with van der Waals surface area (Å²) in [5.41, 5.74) is 0.901. The molecule has 2 atom stereocenters. The highest BCUT2D eigenvalue weighted by Crippen LogP contribution is 2.34. The molecule has 0 saturated carbocycles. The van der Waals surface area contributed by atoms with E-state index in [2.05, 4.69) is 18.7 Å². The summed E-state index contributed by atoms with van der Waals surface area (Å²) in [6, 6.07) is 5.53. The molecule has 30 heavy (non-hydrogen) atoms. The van der Waals surface area contributed by atoms with E-state index in [0.29, 0.717) is 44.6 Å². The van der Waals surface area contributed by atoms with E-state index in [9.17, 15) is 9.59 Å². The third kappa shape index (κ3) is 3.90. The molecule has 1 amide bonds. The number of nitrogens with zero attached hydrogens (tertiary/aromatic N) is 4. The predicted octanol–water partition coefficient (Wildman–Crippen LogP) is 3.79. The highest BCUT2D eigenvalue weighted by molar-refractivity contribution is 8.26. The average Bonchev–Trinajstić information content (AvgIpc) is 2.97. The summed E-state index contributed by atoms with van der Waals surface area (Å²) in [5, 5.41) is 0. The smallest absolute Gasteiger partial charge is 0.267 e. The second-order valence-corrected chi connectivity index (χ2v) is 9.94. The van der Waals surface area contributed by atoms with Crippen molar-refractivity contribution in [3.63, 3.8) is 0 Å². The maximum atomic E-state index is 13.4. The molecular formula is C22H26N4O2S2. The lowest BCUT2D eigenvalue weighted by Gasteiger charge is -2.36. The Labute approximate surface area is 186 Å². The Hall–Kier alpha value is -2.19. The number of rotatable bonds is 4. The van der Waals surface area contributed by atoms with E-state index in [4.69, 9.17) is 17.2 Å². The fourth-order valence-corrected chi connectivity index (χ4v) is 5.63. The first-order valence-corrected chi connectivity index (χ1v) is 11.6. The molecule has 158 valence electrons. The average molecular weight is 443 g/mol. The Bertz CT molecular complexity index is 1080. The van der Waals surface area contributed by atoms with Gasteiger partial charge in [0.1, 0.15) is 15.8 Å². The van der Waals surface area contributed by atoms with Crippen molar-refractivity contribution in [2.75, 3.05) is 24.5 Å². The molecule has 0 spiro atoms. The van der Waals surface area contributed by atoms with Crippen molar-refractivity contribution in [3.8, 4) is 0 Å². The number of pyridine rings is 1. The first-order chi connectivity index (χ1) is 14.4. The van der Waals surface area contributed by atoms with Gasteiger partial charge >= 0.3 is 0 Å². The number of anilines is 1. The molecule has 8 heteroatoms. The number of thioether (sulfide) groups is 1. The minimum atomic E-state index is -0.165. The van der Waals surface area contributed by atoms with Gasteiger partial charge in [0.25, 0.3) is 11.5 Å². The van der Waals surface area contributed by atoms with E-state index in [0.717, 1.165) is 25.9 Å². The molecule has 0 unspecified atom stereocenters. The number of carbonyl (C=O) groups excluding carboxylic acids is 1. The van der Waals surface area contributed by atoms with Crippen LogP contribution in [0, 0.1) is 11.8 Å². The van der Waals surface area contributed by atoms with Crippen LogP contribution in [0.1, 0.15) is 39.2 Å². The van der Waals surface area contributed by atoms with Crippen molar-refractivity contribution in [1.82, 2.24) is 14.3 Å². The summed E-state index contributed by atoms with van der Waals surface area (Å²) in [4.78, 5) is 35.5. The molecule has 2 aliphatic heterocycles. The zero-order valence-corrected chi connectivity index (χ0v) is 19.1. The van der Waals surface area contributed by atoms with Gasteiger partial charge in [-0.25, -0.2) is 4.98 Å². The van der Waals surface area contributed by atoms with Crippen LogP contribution in [0.3, 0.4) is 0 Å². The van der Waals surface area contributed by atoms with E-state index in [1.807, 2.05) is 25.1 Å². The van der Waals surface area contributed by atoms with Gasteiger partial charge in [0.2, 0.25) is 0 Å². The fourth-order valence-electron chi connectivity index (χ4n) is 4.34. The van der Waals surface area contributed by atoms with Crippen molar-refractivity contribution in [2.45, 2.75) is 33.6 Å². The molecule has 2 fully saturated rings. The Kier molecular flexibility index (Phi) is 5.97.